The maximum absolute atomic E-state index is 12.3. The summed E-state index contributed by atoms with van der Waals surface area (Å²) in [4.78, 5) is 15.8. The van der Waals surface area contributed by atoms with Crippen LogP contribution in [0.15, 0.2) is 5.38 Å². The first-order chi connectivity index (χ1) is 9.61. The summed E-state index contributed by atoms with van der Waals surface area (Å²) in [6, 6.07) is -0.180. The molecular formula is C15H24N2O2S. The lowest BCUT2D eigenvalue weighted by atomic mass is 10.1. The molecule has 0 radical (unpaired) electrons. The molecule has 0 aliphatic carbocycles. The standard InChI is InChI=1S/C15H24N2O2S/c1-11-12(2)20-10-14(11)15(19)16-13(9-18)8-17-6-4-3-5-7-17/h10,13,18H,3-9H2,1-2H3,(H,16,19). The molecule has 2 rings (SSSR count). The van der Waals surface area contributed by atoms with E-state index in [0.717, 1.165) is 30.8 Å². The number of piperidine rings is 1. The van der Waals surface area contributed by atoms with Crippen molar-refractivity contribution in [3.8, 4) is 0 Å². The lowest BCUT2D eigenvalue weighted by Crippen LogP contribution is -2.47. The van der Waals surface area contributed by atoms with E-state index in [1.807, 2.05) is 19.2 Å². The predicted molar refractivity (Wildman–Crippen MR) is 82.4 cm³/mol. The minimum Gasteiger partial charge on any atom is -0.394 e. The number of nitrogens with one attached hydrogen (secondary N) is 1. The van der Waals surface area contributed by atoms with E-state index >= 15 is 0 Å². The largest absolute Gasteiger partial charge is 0.394 e. The van der Waals surface area contributed by atoms with Gasteiger partial charge in [-0.15, -0.1) is 11.3 Å². The minimum absolute atomic E-state index is 0.00952. The van der Waals surface area contributed by atoms with Gasteiger partial charge in [0.15, 0.2) is 0 Å². The lowest BCUT2D eigenvalue weighted by molar-refractivity contribution is 0.0886. The molecule has 112 valence electrons. The average Bonchev–Trinajstić information content (AvgIpc) is 2.79. The second-order valence-corrected chi connectivity index (χ2v) is 6.63. The van der Waals surface area contributed by atoms with Crippen LogP contribution in [0.3, 0.4) is 0 Å². The third kappa shape index (κ3) is 3.81. The Labute approximate surface area is 124 Å². The summed E-state index contributed by atoms with van der Waals surface area (Å²) in [6.45, 7) is 6.87. The molecule has 1 fully saturated rings. The van der Waals surface area contributed by atoms with E-state index in [-0.39, 0.29) is 18.6 Å². The van der Waals surface area contributed by atoms with Crippen LogP contribution in [-0.4, -0.2) is 48.2 Å². The summed E-state index contributed by atoms with van der Waals surface area (Å²) < 4.78 is 0. The quantitative estimate of drug-likeness (QED) is 0.873. The van der Waals surface area contributed by atoms with Crippen LogP contribution < -0.4 is 5.32 Å². The molecule has 2 N–H and O–H groups in total. The Morgan fingerprint density at radius 1 is 1.40 bits per heavy atom. The fourth-order valence-electron chi connectivity index (χ4n) is 2.60. The average molecular weight is 296 g/mol. The van der Waals surface area contributed by atoms with Crippen molar-refractivity contribution in [1.29, 1.82) is 0 Å². The Hall–Kier alpha value is -0.910. The van der Waals surface area contributed by atoms with Crippen molar-refractivity contribution >= 4 is 17.2 Å². The number of aliphatic hydroxyl groups is 1. The summed E-state index contributed by atoms with van der Waals surface area (Å²) in [7, 11) is 0. The first-order valence-electron chi connectivity index (χ1n) is 7.30. The van der Waals surface area contributed by atoms with Crippen molar-refractivity contribution in [2.24, 2.45) is 0 Å². The molecule has 20 heavy (non-hydrogen) atoms. The van der Waals surface area contributed by atoms with Crippen LogP contribution in [0.25, 0.3) is 0 Å². The molecule has 1 atom stereocenters. The van der Waals surface area contributed by atoms with E-state index in [1.54, 1.807) is 11.3 Å². The van der Waals surface area contributed by atoms with Crippen LogP contribution in [0, 0.1) is 13.8 Å². The van der Waals surface area contributed by atoms with Gasteiger partial charge in [0.05, 0.1) is 18.2 Å². The Morgan fingerprint density at radius 3 is 2.65 bits per heavy atom. The molecule has 1 aromatic heterocycles. The number of hydrogen-bond donors (Lipinski definition) is 2. The molecule has 2 heterocycles. The van der Waals surface area contributed by atoms with Crippen LogP contribution >= 0.6 is 11.3 Å². The number of hydrogen-bond acceptors (Lipinski definition) is 4. The van der Waals surface area contributed by atoms with Crippen LogP contribution in [0.4, 0.5) is 0 Å². The normalized spacial score (nSPS) is 17.9. The van der Waals surface area contributed by atoms with Gasteiger partial charge in [-0.2, -0.15) is 0 Å². The summed E-state index contributed by atoms with van der Waals surface area (Å²) in [5, 5.41) is 14.3. The van der Waals surface area contributed by atoms with Gasteiger partial charge in [0.1, 0.15) is 0 Å². The van der Waals surface area contributed by atoms with E-state index in [1.165, 1.54) is 24.1 Å². The highest BCUT2D eigenvalue weighted by Crippen LogP contribution is 2.20. The van der Waals surface area contributed by atoms with Gasteiger partial charge in [-0.3, -0.25) is 4.79 Å². The first-order valence-corrected chi connectivity index (χ1v) is 8.18. The van der Waals surface area contributed by atoms with Crippen LogP contribution in [0.1, 0.15) is 40.1 Å². The number of amides is 1. The van der Waals surface area contributed by atoms with Crippen molar-refractivity contribution in [2.45, 2.75) is 39.2 Å². The highest BCUT2D eigenvalue weighted by molar-refractivity contribution is 7.10. The monoisotopic (exact) mass is 296 g/mol. The molecule has 0 aromatic carbocycles. The maximum atomic E-state index is 12.3. The number of likely N-dealkylation sites (tertiary alicyclic amines) is 1. The third-order valence-electron chi connectivity index (χ3n) is 4.01. The van der Waals surface area contributed by atoms with Crippen LogP contribution in [0.5, 0.6) is 0 Å². The number of rotatable bonds is 5. The van der Waals surface area contributed by atoms with E-state index in [4.69, 9.17) is 0 Å². The highest BCUT2D eigenvalue weighted by Gasteiger charge is 2.20. The second kappa shape index (κ2) is 7.20. The topological polar surface area (TPSA) is 52.6 Å². The molecule has 0 spiro atoms. The summed E-state index contributed by atoms with van der Waals surface area (Å²) in [5.41, 5.74) is 1.78. The SMILES string of the molecule is Cc1scc(C(=O)NC(CO)CN2CCCCC2)c1C. The van der Waals surface area contributed by atoms with Gasteiger partial charge in [0.25, 0.3) is 5.91 Å². The van der Waals surface area contributed by atoms with Crippen molar-refractivity contribution in [3.63, 3.8) is 0 Å². The highest BCUT2D eigenvalue weighted by atomic mass is 32.1. The fourth-order valence-corrected chi connectivity index (χ4v) is 3.47. The molecule has 5 heteroatoms. The van der Waals surface area contributed by atoms with Gasteiger partial charge in [-0.1, -0.05) is 6.42 Å². The fraction of sp³-hybridized carbons (Fsp3) is 0.667. The van der Waals surface area contributed by atoms with Gasteiger partial charge in [0.2, 0.25) is 0 Å². The van der Waals surface area contributed by atoms with Crippen molar-refractivity contribution < 1.29 is 9.90 Å². The van der Waals surface area contributed by atoms with Crippen molar-refractivity contribution in [1.82, 2.24) is 10.2 Å². The van der Waals surface area contributed by atoms with Gasteiger partial charge in [-0.05, 0) is 45.3 Å². The summed E-state index contributed by atoms with van der Waals surface area (Å²) >= 11 is 1.60. The van der Waals surface area contributed by atoms with E-state index < -0.39 is 0 Å². The van der Waals surface area contributed by atoms with Gasteiger partial charge in [-0.25, -0.2) is 0 Å². The smallest absolute Gasteiger partial charge is 0.252 e. The zero-order valence-electron chi connectivity index (χ0n) is 12.3. The van der Waals surface area contributed by atoms with Crippen molar-refractivity contribution in [3.05, 3.63) is 21.4 Å². The summed E-state index contributed by atoms with van der Waals surface area (Å²) in [6.07, 6.45) is 3.73. The summed E-state index contributed by atoms with van der Waals surface area (Å²) in [5.74, 6) is -0.0668. The maximum Gasteiger partial charge on any atom is 0.252 e. The van der Waals surface area contributed by atoms with Gasteiger partial charge in [0, 0.05) is 16.8 Å². The number of thiophene rings is 1. The molecular weight excluding hydrogens is 272 g/mol. The Morgan fingerprint density at radius 2 is 2.10 bits per heavy atom. The van der Waals surface area contributed by atoms with E-state index in [9.17, 15) is 9.90 Å². The number of aryl methyl sites for hydroxylation is 1. The number of carbonyl (C=O) groups is 1. The molecule has 1 saturated heterocycles. The minimum atomic E-state index is -0.180. The van der Waals surface area contributed by atoms with Crippen LogP contribution in [-0.2, 0) is 0 Å². The Balaban J connectivity index is 1.92. The molecule has 1 amide bonds. The molecule has 1 unspecified atom stereocenters. The third-order valence-corrected chi connectivity index (χ3v) is 5.03. The first kappa shape index (κ1) is 15.5. The van der Waals surface area contributed by atoms with Crippen molar-refractivity contribution in [2.75, 3.05) is 26.2 Å². The van der Waals surface area contributed by atoms with Gasteiger partial charge < -0.3 is 15.3 Å². The molecule has 1 aromatic rings. The predicted octanol–water partition coefficient (Wildman–Crippen LogP) is 1.94. The van der Waals surface area contributed by atoms with E-state index in [0.29, 0.717) is 0 Å². The Bertz CT molecular complexity index is 453. The number of aliphatic hydroxyl groups excluding tert-OH is 1. The van der Waals surface area contributed by atoms with E-state index in [2.05, 4.69) is 10.2 Å². The molecule has 0 bridgehead atoms. The van der Waals surface area contributed by atoms with Gasteiger partial charge >= 0.3 is 0 Å². The zero-order valence-corrected chi connectivity index (χ0v) is 13.1. The van der Waals surface area contributed by atoms with Crippen LogP contribution in [0.2, 0.25) is 0 Å². The molecule has 4 nitrogen and oxygen atoms in total. The Kier molecular flexibility index (Phi) is 5.57. The molecule has 1 aliphatic heterocycles. The molecule has 1 aliphatic rings. The zero-order chi connectivity index (χ0) is 14.5. The number of carbonyl (C=O) groups excluding carboxylic acids is 1. The number of nitrogens with zero attached hydrogens (tertiary/aromatic N) is 1. The lowest BCUT2D eigenvalue weighted by Gasteiger charge is -2.30. The molecule has 0 saturated carbocycles. The second-order valence-electron chi connectivity index (χ2n) is 5.54.